The van der Waals surface area contributed by atoms with Gasteiger partial charge in [0.15, 0.2) is 0 Å². The molecule has 0 saturated heterocycles. The molecule has 1 fully saturated rings. The van der Waals surface area contributed by atoms with Crippen molar-refractivity contribution in [3.8, 4) is 0 Å². The summed E-state index contributed by atoms with van der Waals surface area (Å²) in [6.07, 6.45) is 5.13. The maximum absolute atomic E-state index is 11.6. The second kappa shape index (κ2) is 9.15. The second-order valence-electron chi connectivity index (χ2n) is 5.84. The van der Waals surface area contributed by atoms with E-state index in [0.717, 1.165) is 12.2 Å². The van der Waals surface area contributed by atoms with Gasteiger partial charge in [-0.3, -0.25) is 0 Å². The van der Waals surface area contributed by atoms with Gasteiger partial charge in [0.2, 0.25) is 0 Å². The largest absolute Gasteiger partial charge is 0.478 e. The minimum Gasteiger partial charge on any atom is -0.478 e. The number of rotatable bonds is 8. The van der Waals surface area contributed by atoms with Crippen LogP contribution in [0, 0.1) is 5.92 Å². The molecule has 0 aliphatic heterocycles. The molecule has 2 amide bonds. The van der Waals surface area contributed by atoms with Gasteiger partial charge in [0.05, 0.1) is 12.2 Å². The van der Waals surface area contributed by atoms with Crippen LogP contribution in [-0.2, 0) is 11.3 Å². The third-order valence-electron chi connectivity index (χ3n) is 4.01. The smallest absolute Gasteiger partial charge is 0.335 e. The molecule has 2 rings (SSSR count). The maximum atomic E-state index is 11.6. The Kier molecular flexibility index (Phi) is 6.87. The Balaban J connectivity index is 1.54. The fraction of sp³-hybridized carbons (Fsp3) is 0.529. The molecule has 1 aromatic rings. The Morgan fingerprint density at radius 3 is 2.48 bits per heavy atom. The molecule has 0 unspecified atom stereocenters. The average Bonchev–Trinajstić information content (AvgIpc) is 3.06. The first-order chi connectivity index (χ1) is 11.1. The zero-order valence-electron chi connectivity index (χ0n) is 13.2. The lowest BCUT2D eigenvalue weighted by Crippen LogP contribution is -2.37. The molecular formula is C17H24N2O4. The number of aromatic carboxylic acids is 1. The van der Waals surface area contributed by atoms with Crippen molar-refractivity contribution < 1.29 is 19.4 Å². The number of carboxylic acid groups (broad SMARTS) is 1. The SMILES string of the molecule is O=C(NCCOCC1CCCC1)NCc1ccc(C(=O)O)cc1. The van der Waals surface area contributed by atoms with E-state index in [4.69, 9.17) is 9.84 Å². The van der Waals surface area contributed by atoms with Crippen LogP contribution in [0.3, 0.4) is 0 Å². The molecule has 6 nitrogen and oxygen atoms in total. The van der Waals surface area contributed by atoms with Crippen LogP contribution < -0.4 is 10.6 Å². The van der Waals surface area contributed by atoms with Gasteiger partial charge in [-0.15, -0.1) is 0 Å². The molecule has 1 aromatic carbocycles. The topological polar surface area (TPSA) is 87.7 Å². The zero-order chi connectivity index (χ0) is 16.5. The lowest BCUT2D eigenvalue weighted by molar-refractivity contribution is 0.0697. The predicted molar refractivity (Wildman–Crippen MR) is 86.4 cm³/mol. The van der Waals surface area contributed by atoms with E-state index in [9.17, 15) is 9.59 Å². The summed E-state index contributed by atoms with van der Waals surface area (Å²) in [4.78, 5) is 22.4. The number of ether oxygens (including phenoxy) is 1. The first-order valence-electron chi connectivity index (χ1n) is 8.07. The molecule has 0 heterocycles. The summed E-state index contributed by atoms with van der Waals surface area (Å²) in [7, 11) is 0. The quantitative estimate of drug-likeness (QED) is 0.642. The fourth-order valence-corrected chi connectivity index (χ4v) is 2.67. The third-order valence-corrected chi connectivity index (χ3v) is 4.01. The summed E-state index contributed by atoms with van der Waals surface area (Å²) in [5.41, 5.74) is 1.08. The molecule has 0 radical (unpaired) electrons. The lowest BCUT2D eigenvalue weighted by atomic mass is 10.1. The van der Waals surface area contributed by atoms with Crippen LogP contribution in [0.4, 0.5) is 4.79 Å². The molecule has 6 heteroatoms. The van der Waals surface area contributed by atoms with Gasteiger partial charge in [0, 0.05) is 19.7 Å². The van der Waals surface area contributed by atoms with Crippen LogP contribution in [0.2, 0.25) is 0 Å². The van der Waals surface area contributed by atoms with E-state index in [-0.39, 0.29) is 11.6 Å². The van der Waals surface area contributed by atoms with E-state index in [1.165, 1.54) is 37.8 Å². The normalized spacial score (nSPS) is 14.6. The number of carboxylic acids is 1. The van der Waals surface area contributed by atoms with Crippen molar-refractivity contribution >= 4 is 12.0 Å². The van der Waals surface area contributed by atoms with Gasteiger partial charge in [-0.2, -0.15) is 0 Å². The van der Waals surface area contributed by atoms with E-state index in [1.807, 2.05) is 0 Å². The molecule has 0 bridgehead atoms. The molecule has 0 spiro atoms. The van der Waals surface area contributed by atoms with Crippen molar-refractivity contribution in [2.45, 2.75) is 32.2 Å². The number of benzene rings is 1. The van der Waals surface area contributed by atoms with Crippen molar-refractivity contribution in [2.24, 2.45) is 5.92 Å². The van der Waals surface area contributed by atoms with Gasteiger partial charge in [0.1, 0.15) is 0 Å². The van der Waals surface area contributed by atoms with Gasteiger partial charge in [-0.05, 0) is 36.5 Å². The highest BCUT2D eigenvalue weighted by Crippen LogP contribution is 2.24. The van der Waals surface area contributed by atoms with Crippen LogP contribution >= 0.6 is 0 Å². The third kappa shape index (κ3) is 6.28. The first-order valence-corrected chi connectivity index (χ1v) is 8.07. The van der Waals surface area contributed by atoms with Crippen molar-refractivity contribution in [1.29, 1.82) is 0 Å². The Morgan fingerprint density at radius 1 is 1.13 bits per heavy atom. The Labute approximate surface area is 136 Å². The van der Waals surface area contributed by atoms with E-state index in [1.54, 1.807) is 12.1 Å². The minimum atomic E-state index is -0.958. The zero-order valence-corrected chi connectivity index (χ0v) is 13.2. The standard InChI is InChI=1S/C17H24N2O4/c20-16(21)15-7-5-13(6-8-15)11-19-17(22)18-9-10-23-12-14-3-1-2-4-14/h5-8,14H,1-4,9-12H2,(H,20,21)(H2,18,19,22). The number of hydrogen-bond acceptors (Lipinski definition) is 3. The number of carbonyl (C=O) groups excluding carboxylic acids is 1. The number of nitrogens with one attached hydrogen (secondary N) is 2. The summed E-state index contributed by atoms with van der Waals surface area (Å²) in [6, 6.07) is 6.17. The van der Waals surface area contributed by atoms with Crippen LogP contribution in [0.15, 0.2) is 24.3 Å². The number of carbonyl (C=O) groups is 2. The average molecular weight is 320 g/mol. The van der Waals surface area contributed by atoms with Gasteiger partial charge < -0.3 is 20.5 Å². The Bertz CT molecular complexity index is 510. The Morgan fingerprint density at radius 2 is 1.83 bits per heavy atom. The van der Waals surface area contributed by atoms with Crippen molar-refractivity contribution in [3.63, 3.8) is 0 Å². The van der Waals surface area contributed by atoms with Crippen molar-refractivity contribution in [1.82, 2.24) is 10.6 Å². The Hall–Kier alpha value is -2.08. The first kappa shape index (κ1) is 17.3. The van der Waals surface area contributed by atoms with Crippen LogP contribution in [0.1, 0.15) is 41.6 Å². The lowest BCUT2D eigenvalue weighted by Gasteiger charge is -2.11. The minimum absolute atomic E-state index is 0.234. The molecule has 0 aromatic heterocycles. The van der Waals surface area contributed by atoms with Crippen LogP contribution in [-0.4, -0.2) is 36.9 Å². The maximum Gasteiger partial charge on any atom is 0.335 e. The second-order valence-corrected chi connectivity index (χ2v) is 5.84. The highest BCUT2D eigenvalue weighted by atomic mass is 16.5. The highest BCUT2D eigenvalue weighted by Gasteiger charge is 2.14. The summed E-state index contributed by atoms with van der Waals surface area (Å²) in [5.74, 6) is -0.266. The number of urea groups is 1. The van der Waals surface area contributed by atoms with E-state index in [0.29, 0.717) is 25.6 Å². The number of hydrogen-bond donors (Lipinski definition) is 3. The summed E-state index contributed by atoms with van der Waals surface area (Å²) in [6.45, 7) is 2.15. The monoisotopic (exact) mass is 320 g/mol. The van der Waals surface area contributed by atoms with Gasteiger partial charge in [-0.1, -0.05) is 25.0 Å². The molecule has 1 aliphatic rings. The van der Waals surface area contributed by atoms with Gasteiger partial charge in [0.25, 0.3) is 0 Å². The number of amides is 2. The summed E-state index contributed by atoms with van der Waals surface area (Å²) < 4.78 is 5.57. The summed E-state index contributed by atoms with van der Waals surface area (Å²) >= 11 is 0. The predicted octanol–water partition coefficient (Wildman–Crippen LogP) is 2.39. The van der Waals surface area contributed by atoms with Crippen molar-refractivity contribution in [2.75, 3.05) is 19.8 Å². The molecule has 3 N–H and O–H groups in total. The van der Waals surface area contributed by atoms with Gasteiger partial charge in [-0.25, -0.2) is 9.59 Å². The van der Waals surface area contributed by atoms with Gasteiger partial charge >= 0.3 is 12.0 Å². The van der Waals surface area contributed by atoms with E-state index < -0.39 is 5.97 Å². The highest BCUT2D eigenvalue weighted by molar-refractivity contribution is 5.87. The molecular weight excluding hydrogens is 296 g/mol. The molecule has 23 heavy (non-hydrogen) atoms. The van der Waals surface area contributed by atoms with Crippen molar-refractivity contribution in [3.05, 3.63) is 35.4 Å². The van der Waals surface area contributed by atoms with Crippen LogP contribution in [0.25, 0.3) is 0 Å². The molecule has 1 aliphatic carbocycles. The van der Waals surface area contributed by atoms with E-state index in [2.05, 4.69) is 10.6 Å². The van der Waals surface area contributed by atoms with Crippen LogP contribution in [0.5, 0.6) is 0 Å². The van der Waals surface area contributed by atoms with E-state index >= 15 is 0 Å². The molecule has 1 saturated carbocycles. The molecule has 0 atom stereocenters. The fourth-order valence-electron chi connectivity index (χ4n) is 2.67. The summed E-state index contributed by atoms with van der Waals surface area (Å²) in [5, 5.41) is 14.3. The molecule has 126 valence electrons.